The van der Waals surface area contributed by atoms with Gasteiger partial charge in [0.25, 0.3) is 0 Å². The van der Waals surface area contributed by atoms with Crippen molar-refractivity contribution in [1.82, 2.24) is 9.88 Å². The van der Waals surface area contributed by atoms with E-state index in [2.05, 4.69) is 9.88 Å². The standard InChI is InChI=1S/C23H26FN3O4/c24-19-13-17(25)2-3-22(19)31-21-4-5-26-20-14-23(16(15-28)12-18(20)21)30-9-1-6-27-7-10-29-11-8-27/h2-5,12-14,28H,1,6-11,15,25H2. The summed E-state index contributed by atoms with van der Waals surface area (Å²) in [4.78, 5) is 6.73. The molecule has 0 spiro atoms. The molecule has 1 saturated heterocycles. The molecule has 0 radical (unpaired) electrons. The van der Waals surface area contributed by atoms with Crippen LogP contribution in [0.1, 0.15) is 12.0 Å². The molecule has 7 nitrogen and oxygen atoms in total. The van der Waals surface area contributed by atoms with Crippen LogP contribution >= 0.6 is 0 Å². The lowest BCUT2D eigenvalue weighted by Gasteiger charge is -2.26. The lowest BCUT2D eigenvalue weighted by atomic mass is 10.1. The van der Waals surface area contributed by atoms with E-state index in [4.69, 9.17) is 19.9 Å². The largest absolute Gasteiger partial charge is 0.493 e. The fraction of sp³-hybridized carbons (Fsp3) is 0.348. The summed E-state index contributed by atoms with van der Waals surface area (Å²) in [6.45, 7) is 4.71. The van der Waals surface area contributed by atoms with E-state index in [-0.39, 0.29) is 12.4 Å². The van der Waals surface area contributed by atoms with Gasteiger partial charge in [0.2, 0.25) is 0 Å². The molecule has 0 unspecified atom stereocenters. The summed E-state index contributed by atoms with van der Waals surface area (Å²) in [7, 11) is 0. The fourth-order valence-electron chi connectivity index (χ4n) is 3.55. The predicted molar refractivity (Wildman–Crippen MR) is 116 cm³/mol. The van der Waals surface area contributed by atoms with Crippen LogP contribution in [0.3, 0.4) is 0 Å². The number of hydrogen-bond acceptors (Lipinski definition) is 7. The van der Waals surface area contributed by atoms with E-state index < -0.39 is 5.82 Å². The van der Waals surface area contributed by atoms with Crippen molar-refractivity contribution < 1.29 is 23.7 Å². The van der Waals surface area contributed by atoms with E-state index in [9.17, 15) is 9.50 Å². The van der Waals surface area contributed by atoms with Crippen molar-refractivity contribution in [2.75, 3.05) is 45.2 Å². The van der Waals surface area contributed by atoms with Crippen molar-refractivity contribution >= 4 is 16.6 Å². The van der Waals surface area contributed by atoms with Crippen molar-refractivity contribution in [3.63, 3.8) is 0 Å². The molecule has 164 valence electrons. The first-order valence-corrected chi connectivity index (χ1v) is 10.3. The Kier molecular flexibility index (Phi) is 6.81. The number of hydrogen-bond donors (Lipinski definition) is 2. The zero-order chi connectivity index (χ0) is 21.6. The third-order valence-corrected chi connectivity index (χ3v) is 5.21. The zero-order valence-corrected chi connectivity index (χ0v) is 17.2. The quantitative estimate of drug-likeness (QED) is 0.421. The van der Waals surface area contributed by atoms with Gasteiger partial charge in [0.1, 0.15) is 11.5 Å². The predicted octanol–water partition coefficient (Wildman–Crippen LogP) is 3.34. The average molecular weight is 427 g/mol. The summed E-state index contributed by atoms with van der Waals surface area (Å²) in [5, 5.41) is 10.5. The third kappa shape index (κ3) is 5.22. The molecule has 2 heterocycles. The van der Waals surface area contributed by atoms with Gasteiger partial charge in [-0.1, -0.05) is 0 Å². The Morgan fingerprint density at radius 3 is 2.71 bits per heavy atom. The van der Waals surface area contributed by atoms with Gasteiger partial charge in [-0.2, -0.15) is 0 Å². The highest BCUT2D eigenvalue weighted by atomic mass is 19.1. The van der Waals surface area contributed by atoms with Crippen LogP contribution in [0.2, 0.25) is 0 Å². The molecule has 0 aliphatic carbocycles. The second-order valence-corrected chi connectivity index (χ2v) is 7.39. The number of aliphatic hydroxyl groups is 1. The van der Waals surface area contributed by atoms with Crippen molar-refractivity contribution in [3.8, 4) is 17.2 Å². The maximum atomic E-state index is 14.2. The summed E-state index contributed by atoms with van der Waals surface area (Å²) in [6, 6.07) is 9.47. The summed E-state index contributed by atoms with van der Waals surface area (Å²) < 4.78 is 31.2. The average Bonchev–Trinajstić information content (AvgIpc) is 2.79. The van der Waals surface area contributed by atoms with Crippen molar-refractivity contribution in [1.29, 1.82) is 0 Å². The number of halogens is 1. The minimum atomic E-state index is -0.549. The molecule has 3 N–H and O–H groups in total. The first kappa shape index (κ1) is 21.3. The number of nitrogen functional groups attached to an aromatic ring is 1. The lowest BCUT2D eigenvalue weighted by molar-refractivity contribution is 0.0357. The number of pyridine rings is 1. The van der Waals surface area contributed by atoms with Crippen molar-refractivity contribution in [2.45, 2.75) is 13.0 Å². The molecule has 4 rings (SSSR count). The number of nitrogens with two attached hydrogens (primary N) is 1. The number of aliphatic hydroxyl groups excluding tert-OH is 1. The highest BCUT2D eigenvalue weighted by molar-refractivity contribution is 5.87. The normalized spacial score (nSPS) is 14.6. The number of benzene rings is 2. The monoisotopic (exact) mass is 427 g/mol. The molecule has 0 atom stereocenters. The molecule has 1 aromatic heterocycles. The Morgan fingerprint density at radius 1 is 1.10 bits per heavy atom. The van der Waals surface area contributed by atoms with Crippen LogP contribution in [-0.4, -0.2) is 54.4 Å². The molecule has 0 saturated carbocycles. The van der Waals surface area contributed by atoms with Gasteiger partial charge in [-0.15, -0.1) is 0 Å². The first-order valence-electron chi connectivity index (χ1n) is 10.3. The second-order valence-electron chi connectivity index (χ2n) is 7.39. The number of ether oxygens (including phenoxy) is 3. The second kappa shape index (κ2) is 9.91. The van der Waals surface area contributed by atoms with E-state index in [1.807, 2.05) is 0 Å². The maximum absolute atomic E-state index is 14.2. The van der Waals surface area contributed by atoms with Crippen LogP contribution in [0.4, 0.5) is 10.1 Å². The third-order valence-electron chi connectivity index (χ3n) is 5.21. The van der Waals surface area contributed by atoms with Crippen LogP contribution < -0.4 is 15.2 Å². The summed E-state index contributed by atoms with van der Waals surface area (Å²) >= 11 is 0. The Hall–Kier alpha value is -2.94. The Bertz CT molecular complexity index is 1040. The van der Waals surface area contributed by atoms with Crippen LogP contribution in [0.25, 0.3) is 10.9 Å². The minimum absolute atomic E-state index is 0.0655. The molecule has 8 heteroatoms. The topological polar surface area (TPSA) is 90.1 Å². The number of fused-ring (bicyclic) bond motifs is 1. The van der Waals surface area contributed by atoms with Crippen LogP contribution in [0.5, 0.6) is 17.2 Å². The van der Waals surface area contributed by atoms with Gasteiger partial charge in [-0.05, 0) is 30.7 Å². The van der Waals surface area contributed by atoms with Gasteiger partial charge in [0.15, 0.2) is 11.6 Å². The van der Waals surface area contributed by atoms with Gasteiger partial charge in [-0.25, -0.2) is 4.39 Å². The molecule has 3 aromatic rings. The van der Waals surface area contributed by atoms with E-state index in [0.29, 0.717) is 40.3 Å². The van der Waals surface area contributed by atoms with E-state index in [0.717, 1.165) is 39.3 Å². The molecule has 1 aliphatic rings. The highest BCUT2D eigenvalue weighted by Gasteiger charge is 2.14. The number of nitrogens with zero attached hydrogens (tertiary/aromatic N) is 2. The van der Waals surface area contributed by atoms with Crippen LogP contribution in [0, 0.1) is 5.82 Å². The minimum Gasteiger partial charge on any atom is -0.493 e. The Morgan fingerprint density at radius 2 is 1.94 bits per heavy atom. The summed E-state index contributed by atoms with van der Waals surface area (Å²) in [5.41, 5.74) is 7.18. The molecule has 1 fully saturated rings. The fourth-order valence-corrected chi connectivity index (χ4v) is 3.55. The van der Waals surface area contributed by atoms with Gasteiger partial charge in [0, 0.05) is 54.6 Å². The molecular formula is C23H26FN3O4. The van der Waals surface area contributed by atoms with Crippen molar-refractivity contribution in [3.05, 3.63) is 54.0 Å². The molecule has 1 aliphatic heterocycles. The first-order chi connectivity index (χ1) is 15.1. The molecule has 31 heavy (non-hydrogen) atoms. The number of morpholine rings is 1. The van der Waals surface area contributed by atoms with Gasteiger partial charge < -0.3 is 25.1 Å². The number of aromatic nitrogens is 1. The molecule has 0 bridgehead atoms. The number of anilines is 1. The summed E-state index contributed by atoms with van der Waals surface area (Å²) in [5.74, 6) is 0.533. The van der Waals surface area contributed by atoms with Gasteiger partial charge >= 0.3 is 0 Å². The van der Waals surface area contributed by atoms with Gasteiger partial charge in [0.05, 0.1) is 31.9 Å². The van der Waals surface area contributed by atoms with Gasteiger partial charge in [-0.3, -0.25) is 9.88 Å². The van der Waals surface area contributed by atoms with E-state index >= 15 is 0 Å². The highest BCUT2D eigenvalue weighted by Crippen LogP contribution is 2.34. The summed E-state index contributed by atoms with van der Waals surface area (Å²) in [6.07, 6.45) is 2.46. The van der Waals surface area contributed by atoms with E-state index in [1.54, 1.807) is 30.5 Å². The zero-order valence-electron chi connectivity index (χ0n) is 17.2. The smallest absolute Gasteiger partial charge is 0.167 e. The van der Waals surface area contributed by atoms with Crippen LogP contribution in [-0.2, 0) is 11.3 Å². The molecule has 0 amide bonds. The van der Waals surface area contributed by atoms with Crippen molar-refractivity contribution in [2.24, 2.45) is 0 Å². The Balaban J connectivity index is 1.49. The lowest BCUT2D eigenvalue weighted by Crippen LogP contribution is -2.37. The Labute approximate surface area is 180 Å². The van der Waals surface area contributed by atoms with Crippen LogP contribution in [0.15, 0.2) is 42.6 Å². The molecular weight excluding hydrogens is 401 g/mol. The van der Waals surface area contributed by atoms with E-state index in [1.165, 1.54) is 12.1 Å². The number of rotatable bonds is 8. The molecule has 2 aromatic carbocycles. The SMILES string of the molecule is Nc1ccc(Oc2ccnc3cc(OCCCN4CCOCC4)c(CO)cc23)c(F)c1. The maximum Gasteiger partial charge on any atom is 0.167 e.